The first-order valence-corrected chi connectivity index (χ1v) is 3.10. The van der Waals surface area contributed by atoms with Crippen molar-refractivity contribution >= 4 is 20.2 Å². The van der Waals surface area contributed by atoms with Gasteiger partial charge in [0.2, 0.25) is 0 Å². The van der Waals surface area contributed by atoms with Gasteiger partial charge in [0.15, 0.2) is 0 Å². The predicted octanol–water partition coefficient (Wildman–Crippen LogP) is -0.324. The Morgan fingerprint density at radius 2 is 1.50 bits per heavy atom. The summed E-state index contributed by atoms with van der Waals surface area (Å²) >= 11 is 3.47. The van der Waals surface area contributed by atoms with Gasteiger partial charge in [0.25, 0.3) is 9.05 Å². The minimum Gasteiger partial charge on any atom is -0.285 e. The van der Waals surface area contributed by atoms with Crippen molar-refractivity contribution in [1.29, 1.82) is 0 Å². The zero-order valence-electron chi connectivity index (χ0n) is 2.47. The van der Waals surface area contributed by atoms with Gasteiger partial charge in [-0.05, 0) is 0 Å². The van der Waals surface area contributed by atoms with Gasteiger partial charge in [-0.3, -0.25) is 9.11 Å². The molecule has 6 heteroatoms. The van der Waals surface area contributed by atoms with E-state index in [0.717, 1.165) is 0 Å². The maximum atomic E-state index is 9.11. The van der Waals surface area contributed by atoms with Crippen LogP contribution in [0, 0.1) is 0 Å². The van der Waals surface area contributed by atoms with Crippen molar-refractivity contribution in [1.82, 2.24) is 0 Å². The van der Waals surface area contributed by atoms with Gasteiger partial charge >= 0.3 is 0 Å². The second kappa shape index (κ2) is 2.90. The van der Waals surface area contributed by atoms with Crippen LogP contribution in [0.4, 0.5) is 0 Å². The Morgan fingerprint density at radius 1 is 1.50 bits per heavy atom. The summed E-state index contributed by atoms with van der Waals surface area (Å²) in [4.78, 5) is 0. The summed E-state index contributed by atoms with van der Waals surface area (Å²) in [6.07, 6.45) is 0. The average Bonchev–Trinajstić information content (AvgIpc) is 0.722. The molecule has 0 radical (unpaired) electrons. The van der Waals surface area contributed by atoms with Crippen molar-refractivity contribution in [3.05, 3.63) is 0 Å². The molecule has 3 nitrogen and oxygen atoms in total. The van der Waals surface area contributed by atoms with Crippen molar-refractivity contribution in [2.75, 3.05) is 0 Å². The Balaban J connectivity index is 0. The van der Waals surface area contributed by atoms with Crippen molar-refractivity contribution in [2.45, 2.75) is 0 Å². The molecular formula is H2FeO3S2. The largest absolute Gasteiger partial charge is 0.285 e. The second-order valence-electron chi connectivity index (χ2n) is 0.448. The molecule has 0 fully saturated rings. The van der Waals surface area contributed by atoms with E-state index >= 15 is 0 Å². The van der Waals surface area contributed by atoms with Crippen LogP contribution in [-0.4, -0.2) is 13.3 Å². The summed E-state index contributed by atoms with van der Waals surface area (Å²) in [7, 11) is -3.83. The van der Waals surface area contributed by atoms with E-state index < -0.39 is 9.05 Å². The molecule has 0 amide bonds. The fraction of sp³-hybridized carbons (Fsp3) is 0. The van der Waals surface area contributed by atoms with Crippen molar-refractivity contribution < 1.29 is 30.4 Å². The number of hydrogen-bond acceptors (Lipinski definition) is 2. The van der Waals surface area contributed by atoms with Crippen LogP contribution < -0.4 is 0 Å². The molecule has 0 saturated heterocycles. The van der Waals surface area contributed by atoms with E-state index in [1.54, 1.807) is 0 Å². The van der Waals surface area contributed by atoms with Gasteiger partial charge in [0.05, 0.1) is 0 Å². The summed E-state index contributed by atoms with van der Waals surface area (Å²) in [6, 6.07) is 0. The number of hydrogen-bond donors (Lipinski definition) is 2. The molecule has 0 heterocycles. The molecule has 2 N–H and O–H groups in total. The molecule has 0 aliphatic carbocycles. The molecule has 0 unspecified atom stereocenters. The van der Waals surface area contributed by atoms with E-state index in [-0.39, 0.29) is 17.1 Å². The van der Waals surface area contributed by atoms with Crippen LogP contribution in [0.5, 0.6) is 0 Å². The maximum absolute atomic E-state index is 9.11. The van der Waals surface area contributed by atoms with Gasteiger partial charge in [0.1, 0.15) is 0 Å². The predicted molar refractivity (Wildman–Crippen MR) is 20.8 cm³/mol. The molecule has 0 aromatic rings. The molecule has 0 rings (SSSR count). The zero-order valence-corrected chi connectivity index (χ0v) is 5.21. The molecule has 0 aromatic carbocycles. The Labute approximate surface area is 50.9 Å². The molecule has 0 aromatic heterocycles. The van der Waals surface area contributed by atoms with Crippen LogP contribution in [0.15, 0.2) is 0 Å². The van der Waals surface area contributed by atoms with E-state index in [4.69, 9.17) is 13.3 Å². The van der Waals surface area contributed by atoms with E-state index in [1.807, 2.05) is 0 Å². The van der Waals surface area contributed by atoms with Crippen LogP contribution >= 0.6 is 0 Å². The molecule has 6 heavy (non-hydrogen) atoms. The average molecular weight is 170 g/mol. The van der Waals surface area contributed by atoms with Gasteiger partial charge in [-0.15, -0.1) is 0 Å². The Hall–Kier alpha value is 0.809. The van der Waals surface area contributed by atoms with E-state index in [9.17, 15) is 0 Å². The fourth-order valence-electron chi connectivity index (χ4n) is 0. The molecule has 0 spiro atoms. The maximum Gasteiger partial charge on any atom is 0.263 e. The first-order valence-electron chi connectivity index (χ1n) is 0.698. The molecule has 0 aliphatic heterocycles. The standard InChI is InChI=1S/Fe.H2O3S2/c;1-5(2,3)4/h;(H2,1,2,3,4). The number of rotatable bonds is 0. The molecule has 0 bridgehead atoms. The molecule has 0 aliphatic rings. The first-order chi connectivity index (χ1) is 2.00. The minimum absolute atomic E-state index is 0. The Kier molecular flexibility index (Phi) is 4.80. The molecule has 40 valence electrons. The Morgan fingerprint density at radius 3 is 1.50 bits per heavy atom. The third-order valence-electron chi connectivity index (χ3n) is 0. The van der Waals surface area contributed by atoms with Crippen molar-refractivity contribution in [3.8, 4) is 0 Å². The quantitative estimate of drug-likeness (QED) is 0.489. The van der Waals surface area contributed by atoms with E-state index in [1.165, 1.54) is 0 Å². The SMILES string of the molecule is O=S(O)(O)=S.[Fe]. The summed E-state index contributed by atoms with van der Waals surface area (Å²) in [5.74, 6) is 0. The van der Waals surface area contributed by atoms with Gasteiger partial charge in [0, 0.05) is 28.3 Å². The summed E-state index contributed by atoms with van der Waals surface area (Å²) < 4.78 is 24.0. The van der Waals surface area contributed by atoms with Gasteiger partial charge in [-0.25, -0.2) is 0 Å². The van der Waals surface area contributed by atoms with Crippen LogP contribution in [-0.2, 0) is 37.3 Å². The van der Waals surface area contributed by atoms with Crippen molar-refractivity contribution in [2.24, 2.45) is 0 Å². The molecule has 0 atom stereocenters. The monoisotopic (exact) mass is 170 g/mol. The second-order valence-corrected chi connectivity index (χ2v) is 2.65. The van der Waals surface area contributed by atoms with Crippen LogP contribution in [0.3, 0.4) is 0 Å². The topological polar surface area (TPSA) is 57.5 Å². The first kappa shape index (κ1) is 9.94. The normalized spacial score (nSPS) is 9.67. The summed E-state index contributed by atoms with van der Waals surface area (Å²) in [6.45, 7) is 0. The van der Waals surface area contributed by atoms with Crippen LogP contribution in [0.25, 0.3) is 0 Å². The fourth-order valence-corrected chi connectivity index (χ4v) is 0. The third-order valence-corrected chi connectivity index (χ3v) is 0. The molecular weight excluding hydrogens is 168 g/mol. The van der Waals surface area contributed by atoms with Gasteiger partial charge in [-0.2, -0.15) is 4.21 Å². The Bertz CT molecular complexity index is 92.0. The third kappa shape index (κ3) is 107. The zero-order chi connectivity index (χ0) is 4.50. The van der Waals surface area contributed by atoms with Crippen LogP contribution in [0.2, 0.25) is 0 Å². The van der Waals surface area contributed by atoms with Crippen molar-refractivity contribution in [3.63, 3.8) is 0 Å². The van der Waals surface area contributed by atoms with Crippen LogP contribution in [0.1, 0.15) is 0 Å². The smallest absolute Gasteiger partial charge is 0.263 e. The van der Waals surface area contributed by atoms with Gasteiger partial charge in [-0.1, -0.05) is 0 Å². The molecule has 0 saturated carbocycles. The summed E-state index contributed by atoms with van der Waals surface area (Å²) in [5.41, 5.74) is 0. The van der Waals surface area contributed by atoms with E-state index in [0.29, 0.717) is 0 Å². The summed E-state index contributed by atoms with van der Waals surface area (Å²) in [5, 5.41) is 0. The minimum atomic E-state index is -3.83. The van der Waals surface area contributed by atoms with Gasteiger partial charge < -0.3 is 0 Å². The van der Waals surface area contributed by atoms with E-state index in [2.05, 4.69) is 11.2 Å².